The van der Waals surface area contributed by atoms with Gasteiger partial charge in [-0.05, 0) is 11.6 Å². The highest BCUT2D eigenvalue weighted by Crippen LogP contribution is 2.19. The van der Waals surface area contributed by atoms with Gasteiger partial charge in [0, 0.05) is 26.2 Å². The van der Waals surface area contributed by atoms with Crippen molar-refractivity contribution in [3.8, 4) is 5.75 Å². The summed E-state index contributed by atoms with van der Waals surface area (Å²) in [5.41, 5.74) is 2.26. The van der Waals surface area contributed by atoms with Crippen LogP contribution < -0.4 is 15.4 Å². The van der Waals surface area contributed by atoms with Gasteiger partial charge in [-0.25, -0.2) is 0 Å². The first-order chi connectivity index (χ1) is 10.3. The molecule has 0 fully saturated rings. The van der Waals surface area contributed by atoms with Crippen molar-refractivity contribution in [1.29, 1.82) is 0 Å². The second-order valence-corrected chi connectivity index (χ2v) is 4.56. The topological polar surface area (TPSA) is 45.7 Å². The molecular weight excluding hydrogens is 389 g/mol. The van der Waals surface area contributed by atoms with E-state index in [0.29, 0.717) is 13.2 Å². The Labute approximate surface area is 149 Å². The molecule has 4 nitrogen and oxygen atoms in total. The molecule has 0 aliphatic rings. The van der Waals surface area contributed by atoms with E-state index in [1.807, 2.05) is 43.4 Å². The lowest BCUT2D eigenvalue weighted by Gasteiger charge is -2.13. The zero-order valence-electron chi connectivity index (χ0n) is 12.9. The lowest BCUT2D eigenvalue weighted by atomic mass is 10.2. The Balaban J connectivity index is 0.00000242. The van der Waals surface area contributed by atoms with Gasteiger partial charge >= 0.3 is 0 Å². The van der Waals surface area contributed by atoms with Crippen molar-refractivity contribution >= 4 is 29.9 Å². The summed E-state index contributed by atoms with van der Waals surface area (Å²) in [6.45, 7) is 1.23. The molecule has 118 valence electrons. The Morgan fingerprint density at radius 2 is 1.73 bits per heavy atom. The summed E-state index contributed by atoms with van der Waals surface area (Å²) in [5, 5.41) is 6.23. The summed E-state index contributed by atoms with van der Waals surface area (Å²) in [6, 6.07) is 18.2. The number of hydrogen-bond donors (Lipinski definition) is 2. The van der Waals surface area contributed by atoms with Gasteiger partial charge in [0.2, 0.25) is 0 Å². The van der Waals surface area contributed by atoms with Gasteiger partial charge in [-0.3, -0.25) is 4.99 Å². The molecule has 0 unspecified atom stereocenters. The van der Waals surface area contributed by atoms with Gasteiger partial charge in [0.15, 0.2) is 5.96 Å². The second-order valence-electron chi connectivity index (χ2n) is 4.56. The molecule has 0 spiro atoms. The first-order valence-electron chi connectivity index (χ1n) is 6.96. The molecule has 0 aliphatic carbocycles. The van der Waals surface area contributed by atoms with E-state index < -0.39 is 0 Å². The average Bonchev–Trinajstić information content (AvgIpc) is 2.56. The molecule has 22 heavy (non-hydrogen) atoms. The second kappa shape index (κ2) is 10.0. The van der Waals surface area contributed by atoms with Crippen LogP contribution in [-0.4, -0.2) is 20.1 Å². The van der Waals surface area contributed by atoms with Crippen molar-refractivity contribution < 1.29 is 4.74 Å². The highest BCUT2D eigenvalue weighted by molar-refractivity contribution is 14.0. The maximum absolute atomic E-state index is 5.92. The Morgan fingerprint density at radius 1 is 1.05 bits per heavy atom. The fourth-order valence-corrected chi connectivity index (χ4v) is 1.98. The van der Waals surface area contributed by atoms with Gasteiger partial charge < -0.3 is 15.4 Å². The molecule has 0 atom stereocenters. The normalized spacial score (nSPS) is 10.5. The van der Waals surface area contributed by atoms with Crippen molar-refractivity contribution in [2.75, 3.05) is 14.1 Å². The highest BCUT2D eigenvalue weighted by Gasteiger charge is 2.04. The molecule has 0 saturated heterocycles. The van der Waals surface area contributed by atoms with E-state index in [1.54, 1.807) is 7.05 Å². The van der Waals surface area contributed by atoms with E-state index in [2.05, 4.69) is 33.8 Å². The number of halogens is 1. The van der Waals surface area contributed by atoms with Crippen LogP contribution in [0.3, 0.4) is 0 Å². The van der Waals surface area contributed by atoms with Gasteiger partial charge in [-0.2, -0.15) is 0 Å². The van der Waals surface area contributed by atoms with Crippen LogP contribution in [-0.2, 0) is 13.2 Å². The Morgan fingerprint density at radius 3 is 2.41 bits per heavy atom. The molecular formula is C17H22IN3O. The number of nitrogens with one attached hydrogen (secondary N) is 2. The molecule has 2 aromatic carbocycles. The van der Waals surface area contributed by atoms with Crippen molar-refractivity contribution in [3.63, 3.8) is 0 Å². The number of para-hydroxylation sites is 1. The number of rotatable bonds is 5. The molecule has 2 N–H and O–H groups in total. The summed E-state index contributed by atoms with van der Waals surface area (Å²) < 4.78 is 5.92. The largest absolute Gasteiger partial charge is 0.489 e. The fourth-order valence-electron chi connectivity index (χ4n) is 1.98. The van der Waals surface area contributed by atoms with Crippen LogP contribution in [0.4, 0.5) is 0 Å². The average molecular weight is 411 g/mol. The van der Waals surface area contributed by atoms with E-state index in [4.69, 9.17) is 4.74 Å². The maximum atomic E-state index is 5.92. The van der Waals surface area contributed by atoms with Crippen molar-refractivity contribution in [1.82, 2.24) is 10.6 Å². The van der Waals surface area contributed by atoms with Crippen LogP contribution in [0.1, 0.15) is 11.1 Å². The van der Waals surface area contributed by atoms with E-state index in [1.165, 1.54) is 0 Å². The standard InChI is InChI=1S/C17H21N3O.HI/c1-18-17(19-2)20-12-15-10-6-7-11-16(15)21-13-14-8-4-3-5-9-14;/h3-11H,12-13H2,1-2H3,(H2,18,19,20);1H. The highest BCUT2D eigenvalue weighted by atomic mass is 127. The lowest BCUT2D eigenvalue weighted by Crippen LogP contribution is -2.34. The Hall–Kier alpha value is -1.76. The number of guanidine groups is 1. The molecule has 2 aromatic rings. The molecule has 0 heterocycles. The molecule has 5 heteroatoms. The Bertz CT molecular complexity index is 587. The first kappa shape index (κ1) is 18.3. The van der Waals surface area contributed by atoms with Crippen LogP contribution in [0.25, 0.3) is 0 Å². The zero-order valence-corrected chi connectivity index (χ0v) is 15.2. The summed E-state index contributed by atoms with van der Waals surface area (Å²) in [7, 11) is 3.59. The minimum Gasteiger partial charge on any atom is -0.489 e. The predicted octanol–water partition coefficient (Wildman–Crippen LogP) is 3.18. The van der Waals surface area contributed by atoms with E-state index in [9.17, 15) is 0 Å². The van der Waals surface area contributed by atoms with Crippen molar-refractivity contribution in [2.45, 2.75) is 13.2 Å². The molecule has 0 amide bonds. The monoisotopic (exact) mass is 411 g/mol. The van der Waals surface area contributed by atoms with Gasteiger partial charge in [0.1, 0.15) is 12.4 Å². The third-order valence-electron chi connectivity index (χ3n) is 3.12. The van der Waals surface area contributed by atoms with Crippen LogP contribution in [0.5, 0.6) is 5.75 Å². The first-order valence-corrected chi connectivity index (χ1v) is 6.96. The number of nitrogens with zero attached hydrogens (tertiary/aromatic N) is 1. The summed E-state index contributed by atoms with van der Waals surface area (Å²) in [5.74, 6) is 1.65. The number of benzene rings is 2. The quantitative estimate of drug-likeness (QED) is 0.452. The minimum atomic E-state index is 0. The third-order valence-corrected chi connectivity index (χ3v) is 3.12. The van der Waals surface area contributed by atoms with E-state index in [0.717, 1.165) is 22.8 Å². The van der Waals surface area contributed by atoms with Gasteiger partial charge in [-0.1, -0.05) is 48.5 Å². The SMILES string of the molecule is CN=C(NC)NCc1ccccc1OCc1ccccc1.I. The van der Waals surface area contributed by atoms with Crippen molar-refractivity contribution in [3.05, 3.63) is 65.7 Å². The number of ether oxygens (including phenoxy) is 1. The third kappa shape index (κ3) is 5.55. The van der Waals surface area contributed by atoms with Crippen LogP contribution in [0, 0.1) is 0 Å². The lowest BCUT2D eigenvalue weighted by molar-refractivity contribution is 0.302. The molecule has 2 rings (SSSR count). The minimum absolute atomic E-state index is 0. The number of aliphatic imine (C=N–C) groups is 1. The van der Waals surface area contributed by atoms with E-state index in [-0.39, 0.29) is 24.0 Å². The summed E-state index contributed by atoms with van der Waals surface area (Å²) >= 11 is 0. The van der Waals surface area contributed by atoms with Crippen molar-refractivity contribution in [2.24, 2.45) is 4.99 Å². The van der Waals surface area contributed by atoms with Gasteiger partial charge in [-0.15, -0.1) is 24.0 Å². The van der Waals surface area contributed by atoms with Gasteiger partial charge in [0.05, 0.1) is 0 Å². The maximum Gasteiger partial charge on any atom is 0.190 e. The molecule has 0 radical (unpaired) electrons. The molecule has 0 aromatic heterocycles. The molecule has 0 aliphatic heterocycles. The molecule has 0 bridgehead atoms. The van der Waals surface area contributed by atoms with E-state index >= 15 is 0 Å². The van der Waals surface area contributed by atoms with Gasteiger partial charge in [0.25, 0.3) is 0 Å². The van der Waals surface area contributed by atoms with Crippen LogP contribution in [0.2, 0.25) is 0 Å². The fraction of sp³-hybridized carbons (Fsp3) is 0.235. The summed E-state index contributed by atoms with van der Waals surface area (Å²) in [6.07, 6.45) is 0. The summed E-state index contributed by atoms with van der Waals surface area (Å²) in [4.78, 5) is 4.10. The predicted molar refractivity (Wildman–Crippen MR) is 102 cm³/mol. The van der Waals surface area contributed by atoms with Crippen LogP contribution in [0.15, 0.2) is 59.6 Å². The number of hydrogen-bond acceptors (Lipinski definition) is 2. The van der Waals surface area contributed by atoms with Crippen LogP contribution >= 0.6 is 24.0 Å². The zero-order chi connectivity index (χ0) is 14.9. The smallest absolute Gasteiger partial charge is 0.190 e. The Kier molecular flexibility index (Phi) is 8.35. The molecule has 0 saturated carbocycles.